The van der Waals surface area contributed by atoms with Gasteiger partial charge in [0.1, 0.15) is 5.82 Å². The zero-order valence-corrected chi connectivity index (χ0v) is 10.4. The number of fused-ring (bicyclic) bond motifs is 3. The van der Waals surface area contributed by atoms with Gasteiger partial charge in [-0.15, -0.1) is 0 Å². The number of aryl methyl sites for hydroxylation is 1. The third-order valence-electron chi connectivity index (χ3n) is 3.27. The number of aromatic nitrogens is 3. The van der Waals surface area contributed by atoms with Gasteiger partial charge in [0.2, 0.25) is 5.78 Å². The quantitative estimate of drug-likeness (QED) is 0.763. The maximum Gasteiger partial charge on any atom is 0.214 e. The molecule has 2 heterocycles. The summed E-state index contributed by atoms with van der Waals surface area (Å²) in [5, 5.41) is 3.13. The van der Waals surface area contributed by atoms with Gasteiger partial charge in [-0.2, -0.15) is 0 Å². The molecule has 0 fully saturated rings. The van der Waals surface area contributed by atoms with Crippen molar-refractivity contribution in [3.05, 3.63) is 35.9 Å². The first-order chi connectivity index (χ1) is 8.70. The van der Waals surface area contributed by atoms with Gasteiger partial charge >= 0.3 is 0 Å². The highest BCUT2D eigenvalue weighted by Crippen LogP contribution is 2.19. The molecule has 0 amide bonds. The summed E-state index contributed by atoms with van der Waals surface area (Å²) in [4.78, 5) is 4.47. The Labute approximate surface area is 104 Å². The van der Waals surface area contributed by atoms with E-state index in [4.69, 9.17) is 0 Å². The number of hydrogen-bond acceptors (Lipinski definition) is 2. The lowest BCUT2D eigenvalue weighted by atomic mass is 10.3. The van der Waals surface area contributed by atoms with Crippen LogP contribution in [0.15, 0.2) is 24.4 Å². The van der Waals surface area contributed by atoms with Crippen LogP contribution < -0.4 is 5.32 Å². The van der Waals surface area contributed by atoms with Gasteiger partial charge in [-0.05, 0) is 19.2 Å². The first kappa shape index (κ1) is 11.2. The van der Waals surface area contributed by atoms with E-state index in [-0.39, 0.29) is 5.82 Å². The van der Waals surface area contributed by atoms with Crippen LogP contribution in [-0.4, -0.2) is 27.5 Å². The van der Waals surface area contributed by atoms with Crippen molar-refractivity contribution in [3.63, 3.8) is 0 Å². The third-order valence-corrected chi connectivity index (χ3v) is 3.27. The Balaban J connectivity index is 2.19. The zero-order valence-electron chi connectivity index (χ0n) is 10.4. The van der Waals surface area contributed by atoms with Crippen molar-refractivity contribution in [2.75, 3.05) is 13.6 Å². The summed E-state index contributed by atoms with van der Waals surface area (Å²) in [5.41, 5.74) is 2.84. The number of nitrogens with zero attached hydrogens (tertiary/aromatic N) is 3. The van der Waals surface area contributed by atoms with Crippen LogP contribution in [0.1, 0.15) is 5.69 Å². The van der Waals surface area contributed by atoms with E-state index in [2.05, 4.69) is 21.1 Å². The van der Waals surface area contributed by atoms with E-state index in [1.165, 1.54) is 17.8 Å². The molecule has 3 rings (SSSR count). The van der Waals surface area contributed by atoms with Crippen LogP contribution in [-0.2, 0) is 13.5 Å². The summed E-state index contributed by atoms with van der Waals surface area (Å²) < 4.78 is 17.2. The maximum absolute atomic E-state index is 13.2. The molecule has 0 saturated carbocycles. The molecule has 0 saturated heterocycles. The van der Waals surface area contributed by atoms with Crippen LogP contribution in [0.3, 0.4) is 0 Å². The summed E-state index contributed by atoms with van der Waals surface area (Å²) in [6.07, 6.45) is 3.01. The lowest BCUT2D eigenvalue weighted by Crippen LogP contribution is -2.12. The minimum Gasteiger partial charge on any atom is -0.319 e. The van der Waals surface area contributed by atoms with Crippen molar-refractivity contribution in [2.24, 2.45) is 7.05 Å². The van der Waals surface area contributed by atoms with Gasteiger partial charge < -0.3 is 9.88 Å². The van der Waals surface area contributed by atoms with Crippen molar-refractivity contribution < 1.29 is 4.39 Å². The molecule has 0 unspecified atom stereocenters. The smallest absolute Gasteiger partial charge is 0.214 e. The topological polar surface area (TPSA) is 34.3 Å². The molecule has 2 aromatic heterocycles. The van der Waals surface area contributed by atoms with E-state index in [1.54, 1.807) is 6.07 Å². The number of imidazole rings is 2. The molecule has 0 aliphatic rings. The van der Waals surface area contributed by atoms with E-state index < -0.39 is 0 Å². The first-order valence-corrected chi connectivity index (χ1v) is 5.97. The largest absolute Gasteiger partial charge is 0.319 e. The number of hydrogen-bond donors (Lipinski definition) is 1. The zero-order chi connectivity index (χ0) is 12.7. The average Bonchev–Trinajstić information content (AvgIpc) is 2.84. The van der Waals surface area contributed by atoms with Gasteiger partial charge in [0, 0.05) is 38.0 Å². The van der Waals surface area contributed by atoms with Crippen LogP contribution in [0.4, 0.5) is 4.39 Å². The normalized spacial score (nSPS) is 11.7. The van der Waals surface area contributed by atoms with Gasteiger partial charge in [0.05, 0.1) is 11.0 Å². The Morgan fingerprint density at radius 3 is 3.00 bits per heavy atom. The summed E-state index contributed by atoms with van der Waals surface area (Å²) in [5.74, 6) is 0.600. The molecule has 0 aliphatic carbocycles. The molecule has 0 bridgehead atoms. The van der Waals surface area contributed by atoms with Gasteiger partial charge in [-0.1, -0.05) is 0 Å². The minimum atomic E-state index is -0.249. The molecule has 94 valence electrons. The second-order valence-electron chi connectivity index (χ2n) is 4.45. The standard InChI is InChI=1S/C13H15FN4/c1-15-6-5-10-8-18-12-4-3-9(14)7-11(12)16-13(18)17(10)2/h3-4,7-8,15H,5-6H2,1-2H3. The predicted molar refractivity (Wildman–Crippen MR) is 69.3 cm³/mol. The summed E-state index contributed by atoms with van der Waals surface area (Å²) >= 11 is 0. The number of likely N-dealkylation sites (N-methyl/N-ethyl adjacent to an activating group) is 1. The molecule has 0 aliphatic heterocycles. The Kier molecular flexibility index (Phi) is 2.56. The Bertz CT molecular complexity index is 710. The number of rotatable bonds is 3. The highest BCUT2D eigenvalue weighted by atomic mass is 19.1. The molecular formula is C13H15FN4. The average molecular weight is 246 g/mol. The molecule has 1 N–H and O–H groups in total. The SMILES string of the molecule is CNCCc1cn2c3ccc(F)cc3nc2n1C. The fourth-order valence-electron chi connectivity index (χ4n) is 2.27. The fraction of sp³-hybridized carbons (Fsp3) is 0.308. The van der Waals surface area contributed by atoms with Gasteiger partial charge in [0.25, 0.3) is 0 Å². The van der Waals surface area contributed by atoms with Gasteiger partial charge in [0.15, 0.2) is 0 Å². The molecule has 1 aromatic carbocycles. The van der Waals surface area contributed by atoms with Crippen molar-refractivity contribution in [1.82, 2.24) is 19.3 Å². The summed E-state index contributed by atoms with van der Waals surface area (Å²) in [6.45, 7) is 0.924. The Hall–Kier alpha value is -1.88. The number of nitrogens with one attached hydrogen (secondary N) is 1. The predicted octanol–water partition coefficient (Wildman–Crippen LogP) is 1.73. The summed E-state index contributed by atoms with van der Waals surface area (Å²) in [7, 11) is 3.93. The van der Waals surface area contributed by atoms with Crippen LogP contribution in [0.5, 0.6) is 0 Å². The third kappa shape index (κ3) is 1.59. The fourth-order valence-corrected chi connectivity index (χ4v) is 2.27. The van der Waals surface area contributed by atoms with E-state index in [0.717, 1.165) is 24.3 Å². The van der Waals surface area contributed by atoms with Crippen LogP contribution in [0.2, 0.25) is 0 Å². The molecule has 18 heavy (non-hydrogen) atoms. The molecule has 3 aromatic rings. The molecule has 5 heteroatoms. The lowest BCUT2D eigenvalue weighted by molar-refractivity contribution is 0.629. The molecule has 0 atom stereocenters. The van der Waals surface area contributed by atoms with Crippen molar-refractivity contribution in [2.45, 2.75) is 6.42 Å². The van der Waals surface area contributed by atoms with E-state index in [1.807, 2.05) is 18.5 Å². The molecule has 4 nitrogen and oxygen atoms in total. The highest BCUT2D eigenvalue weighted by molar-refractivity contribution is 5.79. The molecule has 0 radical (unpaired) electrons. The van der Waals surface area contributed by atoms with Gasteiger partial charge in [-0.25, -0.2) is 9.37 Å². The maximum atomic E-state index is 13.2. The highest BCUT2D eigenvalue weighted by Gasteiger charge is 2.11. The minimum absolute atomic E-state index is 0.249. The van der Waals surface area contributed by atoms with E-state index in [0.29, 0.717) is 5.52 Å². The second kappa shape index (κ2) is 4.10. The van der Waals surface area contributed by atoms with Crippen LogP contribution >= 0.6 is 0 Å². The number of benzene rings is 1. The molecule has 0 spiro atoms. The van der Waals surface area contributed by atoms with E-state index >= 15 is 0 Å². The monoisotopic (exact) mass is 246 g/mol. The Morgan fingerprint density at radius 2 is 2.22 bits per heavy atom. The van der Waals surface area contributed by atoms with Crippen molar-refractivity contribution in [1.29, 1.82) is 0 Å². The first-order valence-electron chi connectivity index (χ1n) is 5.97. The number of halogens is 1. The van der Waals surface area contributed by atoms with Crippen molar-refractivity contribution >= 4 is 16.8 Å². The second-order valence-corrected chi connectivity index (χ2v) is 4.45. The molecular weight excluding hydrogens is 231 g/mol. The van der Waals surface area contributed by atoms with E-state index in [9.17, 15) is 4.39 Å². The van der Waals surface area contributed by atoms with Crippen molar-refractivity contribution in [3.8, 4) is 0 Å². The van der Waals surface area contributed by atoms with Gasteiger partial charge in [-0.3, -0.25) is 4.40 Å². The Morgan fingerprint density at radius 1 is 1.39 bits per heavy atom. The lowest BCUT2D eigenvalue weighted by Gasteiger charge is -2.00. The summed E-state index contributed by atoms with van der Waals surface area (Å²) in [6, 6.07) is 4.71. The van der Waals surface area contributed by atoms with Crippen LogP contribution in [0.25, 0.3) is 16.8 Å². The van der Waals surface area contributed by atoms with Crippen LogP contribution in [0, 0.1) is 5.82 Å².